The molecule has 132 valence electrons. The fourth-order valence-electron chi connectivity index (χ4n) is 2.57. The first-order valence-corrected chi connectivity index (χ1v) is 8.56. The zero-order chi connectivity index (χ0) is 17.4. The van der Waals surface area contributed by atoms with Crippen LogP contribution < -0.4 is 14.8 Å². The van der Waals surface area contributed by atoms with Crippen molar-refractivity contribution in [1.29, 1.82) is 0 Å². The van der Waals surface area contributed by atoms with E-state index in [2.05, 4.69) is 24.1 Å². The molecule has 1 N–H and O–H groups in total. The molecule has 1 amide bonds. The first-order chi connectivity index (χ1) is 11.6. The van der Waals surface area contributed by atoms with Crippen molar-refractivity contribution in [2.45, 2.75) is 26.7 Å². The van der Waals surface area contributed by atoms with Gasteiger partial charge < -0.3 is 19.7 Å². The molecule has 0 saturated carbocycles. The zero-order valence-electron chi connectivity index (χ0n) is 14.5. The van der Waals surface area contributed by atoms with Crippen LogP contribution in [0.2, 0.25) is 0 Å². The molecule has 0 bridgehead atoms. The molecule has 0 spiro atoms. The van der Waals surface area contributed by atoms with Crippen LogP contribution in [-0.4, -0.2) is 56.0 Å². The van der Waals surface area contributed by atoms with E-state index >= 15 is 0 Å². The molecular weight excluding hydrogens is 308 g/mol. The van der Waals surface area contributed by atoms with Crippen LogP contribution in [-0.2, 0) is 4.79 Å². The number of ketones is 1. The summed E-state index contributed by atoms with van der Waals surface area (Å²) in [4.78, 5) is 26.3. The zero-order valence-corrected chi connectivity index (χ0v) is 14.5. The lowest BCUT2D eigenvalue weighted by Gasteiger charge is -2.18. The van der Waals surface area contributed by atoms with E-state index in [1.165, 1.54) is 0 Å². The van der Waals surface area contributed by atoms with Crippen LogP contribution in [0.5, 0.6) is 11.5 Å². The SMILES string of the molecule is CCN(CC)CCNC(=O)CCC(=O)c1ccc2c(c1)OCCO2. The number of fused-ring (bicyclic) bond motifs is 1. The van der Waals surface area contributed by atoms with E-state index in [9.17, 15) is 9.59 Å². The minimum Gasteiger partial charge on any atom is -0.486 e. The van der Waals surface area contributed by atoms with E-state index in [1.54, 1.807) is 18.2 Å². The minimum absolute atomic E-state index is 0.0640. The Morgan fingerprint density at radius 1 is 1.08 bits per heavy atom. The third kappa shape index (κ3) is 5.23. The number of carbonyl (C=O) groups excluding carboxylic acids is 2. The third-order valence-electron chi connectivity index (χ3n) is 4.09. The lowest BCUT2D eigenvalue weighted by atomic mass is 10.1. The molecule has 0 saturated heterocycles. The van der Waals surface area contributed by atoms with Crippen molar-refractivity contribution in [2.75, 3.05) is 39.4 Å². The Bertz CT molecular complexity index is 570. The van der Waals surface area contributed by atoms with E-state index < -0.39 is 0 Å². The number of benzene rings is 1. The molecular formula is C18H26N2O4. The number of carbonyl (C=O) groups is 2. The largest absolute Gasteiger partial charge is 0.486 e. The standard InChI is InChI=1S/C18H26N2O4/c1-3-20(4-2)10-9-19-18(22)8-6-15(21)14-5-7-16-17(13-14)24-12-11-23-16/h5,7,13H,3-4,6,8-12H2,1-2H3,(H,19,22). The number of Topliss-reactive ketones (excluding diaryl/α,β-unsaturated/α-hetero) is 1. The smallest absolute Gasteiger partial charge is 0.220 e. The molecule has 0 atom stereocenters. The van der Waals surface area contributed by atoms with Crippen molar-refractivity contribution >= 4 is 11.7 Å². The summed E-state index contributed by atoms with van der Waals surface area (Å²) >= 11 is 0. The van der Waals surface area contributed by atoms with Crippen molar-refractivity contribution in [3.8, 4) is 11.5 Å². The van der Waals surface area contributed by atoms with Crippen molar-refractivity contribution in [3.05, 3.63) is 23.8 Å². The summed E-state index contributed by atoms with van der Waals surface area (Å²) in [5.74, 6) is 1.10. The van der Waals surface area contributed by atoms with Gasteiger partial charge in [-0.1, -0.05) is 13.8 Å². The maximum atomic E-state index is 12.2. The lowest BCUT2D eigenvalue weighted by molar-refractivity contribution is -0.121. The Morgan fingerprint density at radius 3 is 2.50 bits per heavy atom. The number of hydrogen-bond donors (Lipinski definition) is 1. The number of ether oxygens (including phenoxy) is 2. The number of amides is 1. The average molecular weight is 334 g/mol. The predicted molar refractivity (Wildman–Crippen MR) is 91.8 cm³/mol. The van der Waals surface area contributed by atoms with Gasteiger partial charge in [-0.15, -0.1) is 0 Å². The maximum absolute atomic E-state index is 12.2. The molecule has 0 aromatic heterocycles. The van der Waals surface area contributed by atoms with Crippen LogP contribution in [0.25, 0.3) is 0 Å². The summed E-state index contributed by atoms with van der Waals surface area (Å²) in [6.07, 6.45) is 0.391. The van der Waals surface area contributed by atoms with Gasteiger partial charge >= 0.3 is 0 Å². The molecule has 1 aromatic carbocycles. The minimum atomic E-state index is -0.0898. The van der Waals surface area contributed by atoms with E-state index in [1.807, 2.05) is 0 Å². The maximum Gasteiger partial charge on any atom is 0.220 e. The summed E-state index contributed by atoms with van der Waals surface area (Å²) < 4.78 is 10.9. The first kappa shape index (κ1) is 18.3. The van der Waals surface area contributed by atoms with Gasteiger partial charge in [-0.25, -0.2) is 0 Å². The molecule has 1 aliphatic heterocycles. The molecule has 2 rings (SSSR count). The average Bonchev–Trinajstić information content (AvgIpc) is 2.62. The van der Waals surface area contributed by atoms with E-state index in [4.69, 9.17) is 9.47 Å². The second kappa shape index (κ2) is 9.27. The molecule has 0 radical (unpaired) electrons. The van der Waals surface area contributed by atoms with Crippen LogP contribution in [0.15, 0.2) is 18.2 Å². The summed E-state index contributed by atoms with van der Waals surface area (Å²) in [5, 5.41) is 2.86. The van der Waals surface area contributed by atoms with Crippen LogP contribution in [0.4, 0.5) is 0 Å². The summed E-state index contributed by atoms with van der Waals surface area (Å²) in [5.41, 5.74) is 0.551. The molecule has 1 heterocycles. The van der Waals surface area contributed by atoms with Crippen molar-refractivity contribution in [2.24, 2.45) is 0 Å². The number of hydrogen-bond acceptors (Lipinski definition) is 5. The quantitative estimate of drug-likeness (QED) is 0.699. The Hall–Kier alpha value is -2.08. The topological polar surface area (TPSA) is 67.9 Å². The van der Waals surface area contributed by atoms with Crippen molar-refractivity contribution < 1.29 is 19.1 Å². The second-order valence-electron chi connectivity index (χ2n) is 5.66. The van der Waals surface area contributed by atoms with Crippen LogP contribution in [0.3, 0.4) is 0 Å². The van der Waals surface area contributed by atoms with Gasteiger partial charge in [0.2, 0.25) is 5.91 Å². The van der Waals surface area contributed by atoms with Gasteiger partial charge in [0, 0.05) is 31.5 Å². The van der Waals surface area contributed by atoms with Gasteiger partial charge in [-0.2, -0.15) is 0 Å². The summed E-state index contributed by atoms with van der Waals surface area (Å²) in [7, 11) is 0. The fourth-order valence-corrected chi connectivity index (χ4v) is 2.57. The highest BCUT2D eigenvalue weighted by Crippen LogP contribution is 2.31. The van der Waals surface area contributed by atoms with Gasteiger partial charge in [0.15, 0.2) is 17.3 Å². The van der Waals surface area contributed by atoms with E-state index in [0.717, 1.165) is 19.6 Å². The van der Waals surface area contributed by atoms with Gasteiger partial charge in [-0.05, 0) is 31.3 Å². The predicted octanol–water partition coefficient (Wildman–Crippen LogP) is 1.88. The fraction of sp³-hybridized carbons (Fsp3) is 0.556. The highest BCUT2D eigenvalue weighted by atomic mass is 16.6. The molecule has 6 heteroatoms. The normalized spacial score (nSPS) is 13.0. The van der Waals surface area contributed by atoms with Crippen molar-refractivity contribution in [1.82, 2.24) is 10.2 Å². The van der Waals surface area contributed by atoms with Gasteiger partial charge in [0.05, 0.1) is 0 Å². The lowest BCUT2D eigenvalue weighted by Crippen LogP contribution is -2.34. The number of likely N-dealkylation sites (N-methyl/N-ethyl adjacent to an activating group) is 1. The number of nitrogens with one attached hydrogen (secondary N) is 1. The third-order valence-corrected chi connectivity index (χ3v) is 4.09. The Balaban J connectivity index is 1.75. The van der Waals surface area contributed by atoms with Crippen LogP contribution in [0, 0.1) is 0 Å². The van der Waals surface area contributed by atoms with E-state index in [0.29, 0.717) is 36.8 Å². The molecule has 1 aliphatic rings. The van der Waals surface area contributed by atoms with Gasteiger partial charge in [0.25, 0.3) is 0 Å². The van der Waals surface area contributed by atoms with E-state index in [-0.39, 0.29) is 24.5 Å². The Morgan fingerprint density at radius 2 is 1.79 bits per heavy atom. The Labute approximate surface area is 143 Å². The van der Waals surface area contributed by atoms with Gasteiger partial charge in [-0.3, -0.25) is 9.59 Å². The van der Waals surface area contributed by atoms with Crippen molar-refractivity contribution in [3.63, 3.8) is 0 Å². The van der Waals surface area contributed by atoms with Crippen LogP contribution >= 0.6 is 0 Å². The number of rotatable bonds is 9. The van der Waals surface area contributed by atoms with Crippen LogP contribution in [0.1, 0.15) is 37.0 Å². The molecule has 6 nitrogen and oxygen atoms in total. The highest BCUT2D eigenvalue weighted by molar-refractivity contribution is 5.98. The monoisotopic (exact) mass is 334 g/mol. The summed E-state index contributed by atoms with van der Waals surface area (Å²) in [6, 6.07) is 5.15. The second-order valence-corrected chi connectivity index (χ2v) is 5.66. The first-order valence-electron chi connectivity index (χ1n) is 8.56. The molecule has 24 heavy (non-hydrogen) atoms. The molecule has 0 fully saturated rings. The summed E-state index contributed by atoms with van der Waals surface area (Å²) in [6.45, 7) is 8.57. The van der Waals surface area contributed by atoms with Gasteiger partial charge in [0.1, 0.15) is 13.2 Å². The molecule has 0 aliphatic carbocycles. The Kier molecular flexibility index (Phi) is 7.06. The molecule has 1 aromatic rings. The highest BCUT2D eigenvalue weighted by Gasteiger charge is 2.15. The molecule has 0 unspecified atom stereocenters. The number of nitrogens with zero attached hydrogens (tertiary/aromatic N) is 1.